The maximum absolute atomic E-state index is 12.4. The van der Waals surface area contributed by atoms with Crippen molar-refractivity contribution < 1.29 is 26.8 Å². The van der Waals surface area contributed by atoms with Gasteiger partial charge in [-0.15, -0.1) is 0 Å². The van der Waals surface area contributed by atoms with Crippen molar-refractivity contribution in [3.8, 4) is 0 Å². The second-order valence-electron chi connectivity index (χ2n) is 5.44. The van der Waals surface area contributed by atoms with E-state index in [1.54, 1.807) is 4.57 Å². The molecule has 0 bridgehead atoms. The van der Waals surface area contributed by atoms with Gasteiger partial charge in [-0.2, -0.15) is 0 Å². The zero-order valence-electron chi connectivity index (χ0n) is 12.7. The van der Waals surface area contributed by atoms with E-state index in [1.807, 2.05) is 62.6 Å². The fraction of sp³-hybridized carbons (Fsp3) is 0.235. The SMILES string of the molecule is C[NH+](C)CCOC(=O)n1c2ccccc2c2ccccc21.[Cl-]. The largest absolute Gasteiger partial charge is 1.00 e. The lowest BCUT2D eigenvalue weighted by atomic mass is 10.2. The predicted octanol–water partition coefficient (Wildman–Crippen LogP) is -1.07. The summed E-state index contributed by atoms with van der Waals surface area (Å²) in [5.41, 5.74) is 1.78. The van der Waals surface area contributed by atoms with Gasteiger partial charge in [-0.1, -0.05) is 36.4 Å². The van der Waals surface area contributed by atoms with Crippen molar-refractivity contribution in [1.29, 1.82) is 0 Å². The predicted molar refractivity (Wildman–Crippen MR) is 83.9 cm³/mol. The van der Waals surface area contributed by atoms with Gasteiger partial charge in [0.2, 0.25) is 0 Å². The molecule has 1 heterocycles. The number of para-hydroxylation sites is 2. The fourth-order valence-corrected chi connectivity index (χ4v) is 2.53. The lowest BCUT2D eigenvalue weighted by Crippen LogP contribution is -3.06. The van der Waals surface area contributed by atoms with Crippen LogP contribution in [-0.2, 0) is 4.74 Å². The highest BCUT2D eigenvalue weighted by Crippen LogP contribution is 2.28. The molecule has 0 aliphatic rings. The van der Waals surface area contributed by atoms with Crippen molar-refractivity contribution in [3.05, 3.63) is 48.5 Å². The van der Waals surface area contributed by atoms with Crippen LogP contribution in [0.15, 0.2) is 48.5 Å². The van der Waals surface area contributed by atoms with Crippen molar-refractivity contribution in [2.75, 3.05) is 27.2 Å². The number of hydrogen-bond donors (Lipinski definition) is 1. The maximum Gasteiger partial charge on any atom is 0.419 e. The molecule has 4 nitrogen and oxygen atoms in total. The smallest absolute Gasteiger partial charge is 0.419 e. The summed E-state index contributed by atoms with van der Waals surface area (Å²) in [4.78, 5) is 13.7. The molecule has 0 fully saturated rings. The van der Waals surface area contributed by atoms with Gasteiger partial charge < -0.3 is 22.0 Å². The first-order valence-electron chi connectivity index (χ1n) is 7.13. The molecule has 0 unspecified atom stereocenters. The van der Waals surface area contributed by atoms with Crippen LogP contribution in [0.4, 0.5) is 4.79 Å². The molecule has 1 aromatic heterocycles. The number of fused-ring (bicyclic) bond motifs is 3. The Balaban J connectivity index is 0.00000176. The second-order valence-corrected chi connectivity index (χ2v) is 5.44. The van der Waals surface area contributed by atoms with Gasteiger partial charge in [-0.25, -0.2) is 9.36 Å². The van der Waals surface area contributed by atoms with Crippen LogP contribution in [0.5, 0.6) is 0 Å². The molecular formula is C17H19ClN2O2. The number of hydrogen-bond acceptors (Lipinski definition) is 2. The lowest BCUT2D eigenvalue weighted by molar-refractivity contribution is -0.858. The summed E-state index contributed by atoms with van der Waals surface area (Å²) in [5.74, 6) is 0. The lowest BCUT2D eigenvalue weighted by Gasteiger charge is -2.09. The number of ether oxygens (including phenoxy) is 1. The molecule has 0 aliphatic carbocycles. The molecule has 5 heteroatoms. The third-order valence-corrected chi connectivity index (χ3v) is 3.59. The van der Waals surface area contributed by atoms with Crippen molar-refractivity contribution in [1.82, 2.24) is 4.57 Å². The van der Waals surface area contributed by atoms with Crippen molar-refractivity contribution in [2.45, 2.75) is 0 Å². The van der Waals surface area contributed by atoms with Crippen LogP contribution in [-0.4, -0.2) is 37.9 Å². The number of carbonyl (C=O) groups is 1. The Morgan fingerprint density at radius 1 is 1.00 bits per heavy atom. The highest BCUT2D eigenvalue weighted by molar-refractivity contribution is 6.12. The van der Waals surface area contributed by atoms with Crippen LogP contribution in [0.1, 0.15) is 0 Å². The highest BCUT2D eigenvalue weighted by atomic mass is 35.5. The van der Waals surface area contributed by atoms with Crippen molar-refractivity contribution in [2.24, 2.45) is 0 Å². The molecule has 0 atom stereocenters. The van der Waals surface area contributed by atoms with Gasteiger partial charge in [0.05, 0.1) is 25.1 Å². The molecule has 3 aromatic rings. The number of benzene rings is 2. The number of aromatic nitrogens is 1. The number of rotatable bonds is 3. The van der Waals surface area contributed by atoms with E-state index < -0.39 is 0 Å². The normalized spacial score (nSPS) is 10.9. The first-order valence-corrected chi connectivity index (χ1v) is 7.13. The Hall–Kier alpha value is -2.04. The van der Waals surface area contributed by atoms with Gasteiger partial charge in [0.25, 0.3) is 0 Å². The minimum absolute atomic E-state index is 0. The van der Waals surface area contributed by atoms with E-state index >= 15 is 0 Å². The van der Waals surface area contributed by atoms with Crippen LogP contribution in [0, 0.1) is 0 Å². The average molecular weight is 319 g/mol. The zero-order valence-corrected chi connectivity index (χ0v) is 13.4. The maximum atomic E-state index is 12.4. The monoisotopic (exact) mass is 318 g/mol. The third kappa shape index (κ3) is 2.93. The molecule has 0 aliphatic heterocycles. The van der Waals surface area contributed by atoms with Crippen LogP contribution >= 0.6 is 0 Å². The van der Waals surface area contributed by atoms with Crippen LogP contribution in [0.3, 0.4) is 0 Å². The van der Waals surface area contributed by atoms with E-state index in [0.29, 0.717) is 6.61 Å². The molecule has 22 heavy (non-hydrogen) atoms. The molecule has 0 saturated heterocycles. The van der Waals surface area contributed by atoms with Gasteiger partial charge in [-0.3, -0.25) is 0 Å². The Labute approximate surface area is 135 Å². The van der Waals surface area contributed by atoms with E-state index in [0.717, 1.165) is 28.4 Å². The summed E-state index contributed by atoms with van der Waals surface area (Å²) in [5, 5.41) is 2.14. The number of likely N-dealkylation sites (N-methyl/N-ethyl adjacent to an activating group) is 1. The Morgan fingerprint density at radius 3 is 2.00 bits per heavy atom. The van der Waals surface area contributed by atoms with E-state index in [2.05, 4.69) is 0 Å². The molecule has 2 aromatic carbocycles. The molecule has 0 amide bonds. The fourth-order valence-electron chi connectivity index (χ4n) is 2.53. The summed E-state index contributed by atoms with van der Waals surface area (Å²) in [6.07, 6.45) is -0.311. The summed E-state index contributed by atoms with van der Waals surface area (Å²) in [7, 11) is 4.07. The highest BCUT2D eigenvalue weighted by Gasteiger charge is 2.16. The first-order chi connectivity index (χ1) is 10.2. The number of carbonyl (C=O) groups excluding carboxylic acids is 1. The minimum atomic E-state index is -0.311. The van der Waals surface area contributed by atoms with Crippen LogP contribution in [0.25, 0.3) is 21.8 Å². The molecule has 116 valence electrons. The molecule has 1 N–H and O–H groups in total. The molecule has 0 spiro atoms. The topological polar surface area (TPSA) is 35.7 Å². The van der Waals surface area contributed by atoms with Gasteiger partial charge in [0, 0.05) is 10.8 Å². The summed E-state index contributed by atoms with van der Waals surface area (Å²) in [6, 6.07) is 15.8. The van der Waals surface area contributed by atoms with E-state index in [9.17, 15) is 4.79 Å². The quantitative estimate of drug-likeness (QED) is 0.667. The zero-order chi connectivity index (χ0) is 14.8. The number of nitrogens with one attached hydrogen (secondary N) is 1. The molecule has 0 radical (unpaired) electrons. The Morgan fingerprint density at radius 2 is 1.50 bits per heavy atom. The first kappa shape index (κ1) is 16.3. The second kappa shape index (κ2) is 6.81. The van der Waals surface area contributed by atoms with Crippen molar-refractivity contribution in [3.63, 3.8) is 0 Å². The minimum Gasteiger partial charge on any atom is -1.00 e. The van der Waals surface area contributed by atoms with Gasteiger partial charge in [0.1, 0.15) is 13.2 Å². The van der Waals surface area contributed by atoms with Crippen LogP contribution in [0.2, 0.25) is 0 Å². The van der Waals surface area contributed by atoms with E-state index in [1.165, 1.54) is 4.90 Å². The van der Waals surface area contributed by atoms with E-state index in [-0.39, 0.29) is 18.5 Å². The van der Waals surface area contributed by atoms with Crippen LogP contribution < -0.4 is 17.3 Å². The summed E-state index contributed by atoms with van der Waals surface area (Å²) < 4.78 is 7.08. The number of quaternary nitrogens is 1. The average Bonchev–Trinajstić information content (AvgIpc) is 2.81. The standard InChI is InChI=1S/C17H18N2O2.ClH/c1-18(2)11-12-21-17(20)19-15-9-5-3-7-13(15)14-8-4-6-10-16(14)19;/h3-10H,11-12H2,1-2H3;1H. The third-order valence-electron chi connectivity index (χ3n) is 3.59. The van der Waals surface area contributed by atoms with Gasteiger partial charge >= 0.3 is 6.09 Å². The Kier molecular flexibility index (Phi) is 5.06. The summed E-state index contributed by atoms with van der Waals surface area (Å²) in [6.45, 7) is 1.21. The molecule has 0 saturated carbocycles. The van der Waals surface area contributed by atoms with Crippen molar-refractivity contribution >= 4 is 27.9 Å². The molecular weight excluding hydrogens is 300 g/mol. The van der Waals surface area contributed by atoms with Gasteiger partial charge in [-0.05, 0) is 12.1 Å². The summed E-state index contributed by atoms with van der Waals surface area (Å²) >= 11 is 0. The van der Waals surface area contributed by atoms with E-state index in [4.69, 9.17) is 4.74 Å². The molecule has 3 rings (SSSR count). The Bertz CT molecular complexity index is 742. The number of halogens is 1. The number of nitrogens with zero attached hydrogens (tertiary/aromatic N) is 1. The van der Waals surface area contributed by atoms with Gasteiger partial charge in [0.15, 0.2) is 0 Å².